The second kappa shape index (κ2) is 9.53. The van der Waals surface area contributed by atoms with Crippen LogP contribution in [0.15, 0.2) is 30.3 Å². The Hall–Kier alpha value is -3.14. The molecule has 2 rings (SSSR count). The van der Waals surface area contributed by atoms with Crippen molar-refractivity contribution in [2.75, 3.05) is 0 Å². The molecule has 0 aliphatic heterocycles. The molecule has 0 unspecified atom stereocenters. The maximum absolute atomic E-state index is 12.4. The Balaban J connectivity index is 1.99. The summed E-state index contributed by atoms with van der Waals surface area (Å²) >= 11 is 0. The summed E-state index contributed by atoms with van der Waals surface area (Å²) in [5.41, 5.74) is 11.8. The molecule has 0 aliphatic rings. The van der Waals surface area contributed by atoms with Crippen LogP contribution in [0.2, 0.25) is 0 Å². The number of amides is 2. The van der Waals surface area contributed by atoms with E-state index in [0.717, 1.165) is 10.4 Å². The van der Waals surface area contributed by atoms with Gasteiger partial charge in [0.2, 0.25) is 5.91 Å². The number of nitrogens with zero attached hydrogens (tertiary/aromatic N) is 4. The minimum atomic E-state index is -0.897. The number of rotatable bonds is 9. The highest BCUT2D eigenvalue weighted by Gasteiger charge is 2.29. The summed E-state index contributed by atoms with van der Waals surface area (Å²) in [7, 11) is 0. The van der Waals surface area contributed by atoms with Gasteiger partial charge in [-0.3, -0.25) is 9.59 Å². The first-order valence-corrected chi connectivity index (χ1v) is 8.48. The molecular formula is C17H22N7O3. The van der Waals surface area contributed by atoms with Crippen molar-refractivity contribution >= 4 is 17.7 Å². The maximum Gasteiger partial charge on any atom is 0.361 e. The summed E-state index contributed by atoms with van der Waals surface area (Å²) in [6.07, 6.45) is 0.440. The van der Waals surface area contributed by atoms with Gasteiger partial charge in [-0.1, -0.05) is 42.1 Å². The summed E-state index contributed by atoms with van der Waals surface area (Å²) in [4.78, 5) is 36.2. The predicted molar refractivity (Wildman–Crippen MR) is 95.9 cm³/mol. The highest BCUT2D eigenvalue weighted by Crippen LogP contribution is 2.17. The van der Waals surface area contributed by atoms with E-state index in [1.807, 2.05) is 30.3 Å². The van der Waals surface area contributed by atoms with Gasteiger partial charge in [0.25, 0.3) is 0 Å². The minimum Gasteiger partial charge on any atom is -0.370 e. The quantitative estimate of drug-likeness (QED) is 0.555. The van der Waals surface area contributed by atoms with Crippen molar-refractivity contribution in [3.8, 4) is 0 Å². The van der Waals surface area contributed by atoms with Crippen LogP contribution in [0.25, 0.3) is 0 Å². The lowest BCUT2D eigenvalue weighted by Crippen LogP contribution is -2.36. The molecule has 1 heterocycles. The van der Waals surface area contributed by atoms with E-state index >= 15 is 0 Å². The summed E-state index contributed by atoms with van der Waals surface area (Å²) in [5.74, 6) is -0.653. The second-order valence-electron chi connectivity index (χ2n) is 5.85. The van der Waals surface area contributed by atoms with Crippen LogP contribution in [0, 0.1) is 5.92 Å². The normalized spacial score (nSPS) is 12.0. The summed E-state index contributed by atoms with van der Waals surface area (Å²) in [6.45, 7) is 2.04. The Morgan fingerprint density at radius 2 is 1.93 bits per heavy atom. The van der Waals surface area contributed by atoms with Gasteiger partial charge in [-0.25, -0.2) is 4.79 Å². The predicted octanol–water partition coefficient (Wildman–Crippen LogP) is -0.0745. The number of carbonyl (C=O) groups excluding carboxylic acids is 3. The molecule has 0 saturated carbocycles. The summed E-state index contributed by atoms with van der Waals surface area (Å²) in [6, 6.07) is 7.88. The van der Waals surface area contributed by atoms with Gasteiger partial charge in [0.05, 0.1) is 6.04 Å². The molecule has 0 aliphatic carbocycles. The van der Waals surface area contributed by atoms with Crippen molar-refractivity contribution in [2.45, 2.75) is 38.8 Å². The third-order valence-electron chi connectivity index (χ3n) is 3.84. The number of primary amides is 1. The topological polar surface area (TPSA) is 159 Å². The highest BCUT2D eigenvalue weighted by atomic mass is 16.2. The number of hydrogen-bond donors (Lipinski definition) is 3. The zero-order chi connectivity index (χ0) is 19.8. The zero-order valence-electron chi connectivity index (χ0n) is 15.0. The lowest BCUT2D eigenvalue weighted by Gasteiger charge is -2.14. The molecule has 5 N–H and O–H groups in total. The van der Waals surface area contributed by atoms with Crippen molar-refractivity contribution < 1.29 is 14.4 Å². The fourth-order valence-corrected chi connectivity index (χ4v) is 2.36. The average Bonchev–Trinajstić information content (AvgIpc) is 3.15. The smallest absolute Gasteiger partial charge is 0.361 e. The molecule has 2 aromatic rings. The average molecular weight is 372 g/mol. The summed E-state index contributed by atoms with van der Waals surface area (Å²) < 4.78 is 0. The largest absolute Gasteiger partial charge is 0.370 e. The van der Waals surface area contributed by atoms with E-state index in [4.69, 9.17) is 11.5 Å². The molecule has 10 nitrogen and oxygen atoms in total. The van der Waals surface area contributed by atoms with Crippen molar-refractivity contribution in [3.05, 3.63) is 47.6 Å². The molecule has 2 amide bonds. The number of tetrazole rings is 1. The van der Waals surface area contributed by atoms with E-state index in [1.54, 1.807) is 6.92 Å². The van der Waals surface area contributed by atoms with E-state index in [0.29, 0.717) is 13.0 Å². The number of nitrogens with two attached hydrogens (primary N) is 2. The van der Waals surface area contributed by atoms with E-state index in [1.165, 1.54) is 0 Å². The Labute approximate surface area is 156 Å². The number of ketones is 1. The molecular weight excluding hydrogens is 350 g/mol. The van der Waals surface area contributed by atoms with Crippen LogP contribution in [0.3, 0.4) is 0 Å². The number of Topliss-reactive ketones (excluding diaryl/α,β-unsaturated/α-hetero) is 1. The third-order valence-corrected chi connectivity index (χ3v) is 3.84. The first-order valence-electron chi connectivity index (χ1n) is 8.48. The fraction of sp³-hybridized carbons (Fsp3) is 0.353. The molecule has 0 spiro atoms. The lowest BCUT2D eigenvalue weighted by molar-refractivity contribution is -0.119. The van der Waals surface area contributed by atoms with Crippen molar-refractivity contribution in [2.24, 2.45) is 11.5 Å². The lowest BCUT2D eigenvalue weighted by atomic mass is 9.93. The van der Waals surface area contributed by atoms with Crippen LogP contribution < -0.4 is 16.8 Å². The van der Waals surface area contributed by atoms with E-state index in [-0.39, 0.29) is 24.6 Å². The Bertz CT molecular complexity index is 791. The molecule has 1 atom stereocenters. The number of hydrogen-bond acceptors (Lipinski definition) is 7. The van der Waals surface area contributed by atoms with Gasteiger partial charge in [-0.2, -0.15) is 0 Å². The first kappa shape index (κ1) is 20.2. The maximum atomic E-state index is 12.4. The molecule has 1 aromatic carbocycles. The third kappa shape index (κ3) is 5.68. The Morgan fingerprint density at radius 3 is 2.56 bits per heavy atom. The van der Waals surface area contributed by atoms with Crippen molar-refractivity contribution in [1.29, 1.82) is 0 Å². The van der Waals surface area contributed by atoms with Gasteiger partial charge < -0.3 is 16.8 Å². The molecule has 1 aromatic heterocycles. The molecule has 0 bridgehead atoms. The minimum absolute atomic E-state index is 0.00586. The number of nitrogens with one attached hydrogen (secondary N) is 1. The number of aromatic nitrogens is 4. The van der Waals surface area contributed by atoms with Gasteiger partial charge in [0, 0.05) is 13.0 Å². The van der Waals surface area contributed by atoms with Crippen LogP contribution in [0.1, 0.15) is 37.6 Å². The van der Waals surface area contributed by atoms with E-state index in [9.17, 15) is 14.4 Å². The first-order chi connectivity index (χ1) is 12.9. The molecule has 143 valence electrons. The number of benzene rings is 1. The van der Waals surface area contributed by atoms with Gasteiger partial charge in [-0.05, 0) is 23.6 Å². The Morgan fingerprint density at radius 1 is 1.22 bits per heavy atom. The van der Waals surface area contributed by atoms with Crippen molar-refractivity contribution in [1.82, 2.24) is 25.5 Å². The molecule has 0 fully saturated rings. The van der Waals surface area contributed by atoms with Gasteiger partial charge in [0.15, 0.2) is 11.6 Å². The van der Waals surface area contributed by atoms with Crippen LogP contribution in [0.5, 0.6) is 0 Å². The Kier molecular flexibility index (Phi) is 7.12. The van der Waals surface area contributed by atoms with Crippen LogP contribution in [-0.4, -0.2) is 44.0 Å². The van der Waals surface area contributed by atoms with Crippen LogP contribution >= 0.6 is 0 Å². The van der Waals surface area contributed by atoms with E-state index < -0.39 is 23.8 Å². The van der Waals surface area contributed by atoms with Gasteiger partial charge in [0.1, 0.15) is 5.92 Å². The van der Waals surface area contributed by atoms with Crippen LogP contribution in [0.4, 0.5) is 4.79 Å². The molecule has 0 saturated heterocycles. The number of carbonyl (C=O) groups is 3. The highest BCUT2D eigenvalue weighted by molar-refractivity contribution is 5.99. The second-order valence-corrected chi connectivity index (χ2v) is 5.85. The van der Waals surface area contributed by atoms with Crippen molar-refractivity contribution in [3.63, 3.8) is 0 Å². The molecule has 10 heteroatoms. The van der Waals surface area contributed by atoms with Gasteiger partial charge in [-0.15, -0.1) is 10.2 Å². The SMILES string of the molecule is CC[C](C(=O)[C@@H](N)CCC(N)=O)c1nnn(C(=O)NCc2ccccc2)n1. The summed E-state index contributed by atoms with van der Waals surface area (Å²) in [5, 5.41) is 14.1. The zero-order valence-corrected chi connectivity index (χ0v) is 15.0. The molecule has 1 radical (unpaired) electrons. The standard InChI is InChI=1S/C17H22N7O3/c1-2-12(15(26)13(18)8-9-14(19)25)16-21-23-24(22-16)17(27)20-10-11-6-4-3-5-7-11/h3-7,13H,2,8-10,18H2,1H3,(H2,19,25)(H,20,27)/t13-/m0/s1. The van der Waals surface area contributed by atoms with Crippen LogP contribution in [-0.2, 0) is 16.1 Å². The van der Waals surface area contributed by atoms with Gasteiger partial charge >= 0.3 is 6.03 Å². The molecule has 27 heavy (non-hydrogen) atoms. The monoisotopic (exact) mass is 372 g/mol. The van der Waals surface area contributed by atoms with E-state index in [2.05, 4.69) is 20.7 Å². The fourth-order valence-electron chi connectivity index (χ4n) is 2.36.